The van der Waals surface area contributed by atoms with Gasteiger partial charge in [-0.3, -0.25) is 15.6 Å². The first kappa shape index (κ1) is 14.9. The van der Waals surface area contributed by atoms with Crippen molar-refractivity contribution in [2.75, 3.05) is 19.6 Å². The van der Waals surface area contributed by atoms with E-state index in [4.69, 9.17) is 21.1 Å². The minimum Gasteiger partial charge on any atom is -0.496 e. The lowest BCUT2D eigenvalue weighted by atomic mass is 10.2. The zero-order chi connectivity index (χ0) is 15.2. The van der Waals surface area contributed by atoms with Gasteiger partial charge in [-0.15, -0.1) is 0 Å². The average molecular weight is 309 g/mol. The molecule has 110 valence electrons. The molecule has 0 bridgehead atoms. The molecule has 2 N–H and O–H groups in total. The smallest absolute Gasteiger partial charge is 0.273 e. The molecule has 2 rings (SSSR count). The lowest BCUT2D eigenvalue weighted by Gasteiger charge is -2.10. The van der Waals surface area contributed by atoms with E-state index in [1.807, 2.05) is 0 Å². The fourth-order valence-corrected chi connectivity index (χ4v) is 1.73. The number of aromatic nitrogens is 2. The highest BCUT2D eigenvalue weighted by Crippen LogP contribution is 2.22. The van der Waals surface area contributed by atoms with Crippen LogP contribution in [0.2, 0.25) is 5.02 Å². The quantitative estimate of drug-likeness (QED) is 0.821. The monoisotopic (exact) mass is 308 g/mol. The van der Waals surface area contributed by atoms with Gasteiger partial charge in [0.2, 0.25) is 11.8 Å². The summed E-state index contributed by atoms with van der Waals surface area (Å²) in [6.45, 7) is 0. The number of nitrogens with zero attached hydrogens (tertiary/aromatic N) is 2. The summed E-state index contributed by atoms with van der Waals surface area (Å²) < 4.78 is 10.1. The van der Waals surface area contributed by atoms with E-state index in [-0.39, 0.29) is 5.95 Å². The van der Waals surface area contributed by atoms with Crippen LogP contribution in [0.4, 0.5) is 5.95 Å². The summed E-state index contributed by atoms with van der Waals surface area (Å²) in [6, 6.07) is 6.34. The van der Waals surface area contributed by atoms with Gasteiger partial charge in [-0.2, -0.15) is 4.98 Å². The predicted octanol–water partition coefficient (Wildman–Crippen LogP) is 1.90. The van der Waals surface area contributed by atoms with E-state index in [2.05, 4.69) is 20.8 Å². The molecule has 0 atom stereocenters. The molecule has 0 saturated carbocycles. The molecular formula is C13H13ClN4O3. The molecule has 1 heterocycles. The van der Waals surface area contributed by atoms with E-state index >= 15 is 0 Å². The number of hydrazine groups is 1. The molecule has 1 amide bonds. The maximum atomic E-state index is 12.1. The van der Waals surface area contributed by atoms with Gasteiger partial charge in [0, 0.05) is 17.3 Å². The fourth-order valence-electron chi connectivity index (χ4n) is 1.55. The van der Waals surface area contributed by atoms with Crippen LogP contribution in [0.25, 0.3) is 0 Å². The van der Waals surface area contributed by atoms with Crippen molar-refractivity contribution in [1.82, 2.24) is 15.4 Å². The molecule has 0 fully saturated rings. The summed E-state index contributed by atoms with van der Waals surface area (Å²) in [7, 11) is 2.96. The number of rotatable bonds is 5. The summed E-state index contributed by atoms with van der Waals surface area (Å²) >= 11 is 5.88. The zero-order valence-electron chi connectivity index (χ0n) is 11.4. The summed E-state index contributed by atoms with van der Waals surface area (Å²) in [4.78, 5) is 20.0. The van der Waals surface area contributed by atoms with E-state index in [1.54, 1.807) is 18.2 Å². The molecular weight excluding hydrogens is 296 g/mol. The Hall–Kier alpha value is -2.54. The van der Waals surface area contributed by atoms with Crippen molar-refractivity contribution >= 4 is 23.5 Å². The van der Waals surface area contributed by atoms with Crippen molar-refractivity contribution in [2.24, 2.45) is 0 Å². The normalized spacial score (nSPS) is 9.86. The lowest BCUT2D eigenvalue weighted by Crippen LogP contribution is -2.30. The zero-order valence-corrected chi connectivity index (χ0v) is 12.1. The Kier molecular flexibility index (Phi) is 4.78. The lowest BCUT2D eigenvalue weighted by molar-refractivity contribution is 0.0959. The highest BCUT2D eigenvalue weighted by molar-refractivity contribution is 6.31. The van der Waals surface area contributed by atoms with Crippen LogP contribution in [-0.2, 0) is 0 Å². The van der Waals surface area contributed by atoms with Gasteiger partial charge in [-0.05, 0) is 18.2 Å². The van der Waals surface area contributed by atoms with Gasteiger partial charge in [0.15, 0.2) is 0 Å². The van der Waals surface area contributed by atoms with Crippen LogP contribution in [0.15, 0.2) is 30.5 Å². The number of carbonyl (C=O) groups excluding carboxylic acids is 1. The van der Waals surface area contributed by atoms with Gasteiger partial charge in [0.05, 0.1) is 19.8 Å². The summed E-state index contributed by atoms with van der Waals surface area (Å²) in [5, 5.41) is 0.429. The SMILES string of the molecule is COc1ccnc(NNC(=O)c2cc(Cl)ccc2OC)n1. The van der Waals surface area contributed by atoms with Crippen molar-refractivity contribution in [3.8, 4) is 11.6 Å². The van der Waals surface area contributed by atoms with Crippen LogP contribution >= 0.6 is 11.6 Å². The Morgan fingerprint density at radius 1 is 1.24 bits per heavy atom. The molecule has 1 aromatic heterocycles. The summed E-state index contributed by atoms with van der Waals surface area (Å²) in [6.07, 6.45) is 1.50. The molecule has 0 radical (unpaired) electrons. The molecule has 21 heavy (non-hydrogen) atoms. The molecule has 2 aromatic rings. The number of amides is 1. The number of benzene rings is 1. The van der Waals surface area contributed by atoms with Gasteiger partial charge >= 0.3 is 0 Å². The molecule has 0 spiro atoms. The molecule has 0 aliphatic heterocycles. The Morgan fingerprint density at radius 3 is 2.76 bits per heavy atom. The van der Waals surface area contributed by atoms with Crippen molar-refractivity contribution in [1.29, 1.82) is 0 Å². The number of nitrogens with one attached hydrogen (secondary N) is 2. The third-order valence-electron chi connectivity index (χ3n) is 2.53. The average Bonchev–Trinajstić information content (AvgIpc) is 2.52. The Morgan fingerprint density at radius 2 is 2.05 bits per heavy atom. The molecule has 1 aromatic carbocycles. The first-order valence-electron chi connectivity index (χ1n) is 5.91. The van der Waals surface area contributed by atoms with E-state index in [9.17, 15) is 4.79 Å². The van der Waals surface area contributed by atoms with Gasteiger partial charge in [-0.25, -0.2) is 4.98 Å². The van der Waals surface area contributed by atoms with Crippen molar-refractivity contribution < 1.29 is 14.3 Å². The van der Waals surface area contributed by atoms with Gasteiger partial charge in [0.1, 0.15) is 5.75 Å². The van der Waals surface area contributed by atoms with Gasteiger partial charge in [0.25, 0.3) is 5.91 Å². The van der Waals surface area contributed by atoms with Crippen LogP contribution in [0, 0.1) is 0 Å². The maximum Gasteiger partial charge on any atom is 0.273 e. The third-order valence-corrected chi connectivity index (χ3v) is 2.77. The highest BCUT2D eigenvalue weighted by atomic mass is 35.5. The molecule has 0 aliphatic rings. The number of ether oxygens (including phenoxy) is 2. The third kappa shape index (κ3) is 3.73. The minimum absolute atomic E-state index is 0.198. The first-order chi connectivity index (χ1) is 10.1. The summed E-state index contributed by atoms with van der Waals surface area (Å²) in [5.74, 6) is 0.553. The molecule has 0 unspecified atom stereocenters. The van der Waals surface area contributed by atoms with E-state index < -0.39 is 5.91 Å². The second kappa shape index (κ2) is 6.76. The second-order valence-electron chi connectivity index (χ2n) is 3.85. The van der Waals surface area contributed by atoms with E-state index in [0.717, 1.165) is 0 Å². The first-order valence-corrected chi connectivity index (χ1v) is 6.28. The van der Waals surface area contributed by atoms with Crippen LogP contribution in [-0.4, -0.2) is 30.1 Å². The molecule has 7 nitrogen and oxygen atoms in total. The van der Waals surface area contributed by atoms with E-state index in [1.165, 1.54) is 26.5 Å². The van der Waals surface area contributed by atoms with Gasteiger partial charge in [-0.1, -0.05) is 11.6 Å². The second-order valence-corrected chi connectivity index (χ2v) is 4.28. The van der Waals surface area contributed by atoms with Gasteiger partial charge < -0.3 is 9.47 Å². The maximum absolute atomic E-state index is 12.1. The number of methoxy groups -OCH3 is 2. The summed E-state index contributed by atoms with van der Waals surface area (Å²) in [5.41, 5.74) is 5.34. The minimum atomic E-state index is -0.430. The number of carbonyl (C=O) groups is 1. The highest BCUT2D eigenvalue weighted by Gasteiger charge is 2.13. The number of hydrogen-bond donors (Lipinski definition) is 2. The Balaban J connectivity index is 2.09. The Bertz CT molecular complexity index is 651. The van der Waals surface area contributed by atoms with Crippen molar-refractivity contribution in [2.45, 2.75) is 0 Å². The Labute approximate surface area is 126 Å². The van der Waals surface area contributed by atoms with Crippen molar-refractivity contribution in [3.63, 3.8) is 0 Å². The van der Waals surface area contributed by atoms with Crippen LogP contribution in [0.3, 0.4) is 0 Å². The molecule has 0 saturated heterocycles. The molecule has 0 aliphatic carbocycles. The standard InChI is InChI=1S/C13H13ClN4O3/c1-20-10-4-3-8(14)7-9(10)12(19)17-18-13-15-6-5-11(16-13)21-2/h3-7H,1-2H3,(H,17,19)(H,15,16,18). The number of halogens is 1. The number of hydrogen-bond acceptors (Lipinski definition) is 6. The largest absolute Gasteiger partial charge is 0.496 e. The molecule has 8 heteroatoms. The van der Waals surface area contributed by atoms with E-state index in [0.29, 0.717) is 22.2 Å². The van der Waals surface area contributed by atoms with Crippen LogP contribution < -0.4 is 20.3 Å². The topological polar surface area (TPSA) is 85.4 Å². The van der Waals surface area contributed by atoms with Crippen LogP contribution in [0.5, 0.6) is 11.6 Å². The van der Waals surface area contributed by atoms with Crippen molar-refractivity contribution in [3.05, 3.63) is 41.0 Å². The fraction of sp³-hybridized carbons (Fsp3) is 0.154. The predicted molar refractivity (Wildman–Crippen MR) is 77.7 cm³/mol. The number of anilines is 1. The van der Waals surface area contributed by atoms with Crippen LogP contribution in [0.1, 0.15) is 10.4 Å².